The highest BCUT2D eigenvalue weighted by molar-refractivity contribution is 5.95. The third kappa shape index (κ3) is 3.47. The molecule has 0 bridgehead atoms. The maximum Gasteiger partial charge on any atom is 0.418 e. The zero-order valence-corrected chi connectivity index (χ0v) is 11.8. The molecule has 4 nitrogen and oxygen atoms in total. The number of carbonyl (C=O) groups is 1. The molecule has 116 valence electrons. The molecule has 2 N–H and O–H groups in total. The van der Waals surface area contributed by atoms with Crippen LogP contribution >= 0.6 is 0 Å². The SMILES string of the molecule is CCN1CCN(C(=O)c2ccc(N)c(C(F)(F)F)c2)CC1. The van der Waals surface area contributed by atoms with Crippen molar-refractivity contribution in [2.45, 2.75) is 13.1 Å². The van der Waals surface area contributed by atoms with Gasteiger partial charge in [-0.1, -0.05) is 6.92 Å². The minimum Gasteiger partial charge on any atom is -0.398 e. The quantitative estimate of drug-likeness (QED) is 0.851. The third-order valence-electron chi connectivity index (χ3n) is 3.71. The van der Waals surface area contributed by atoms with Crippen LogP contribution in [0.5, 0.6) is 0 Å². The number of halogens is 3. The highest BCUT2D eigenvalue weighted by Gasteiger charge is 2.34. The van der Waals surface area contributed by atoms with Gasteiger partial charge in [-0.3, -0.25) is 4.79 Å². The number of piperazine rings is 1. The molecule has 1 fully saturated rings. The molecule has 0 spiro atoms. The van der Waals surface area contributed by atoms with Gasteiger partial charge in [-0.2, -0.15) is 13.2 Å². The first-order valence-corrected chi connectivity index (χ1v) is 6.81. The van der Waals surface area contributed by atoms with Crippen molar-refractivity contribution in [3.63, 3.8) is 0 Å². The first kappa shape index (κ1) is 15.6. The van der Waals surface area contributed by atoms with Crippen LogP contribution in [0.15, 0.2) is 18.2 Å². The number of hydrogen-bond donors (Lipinski definition) is 1. The van der Waals surface area contributed by atoms with E-state index in [-0.39, 0.29) is 17.2 Å². The largest absolute Gasteiger partial charge is 0.418 e. The molecule has 1 aliphatic rings. The summed E-state index contributed by atoms with van der Waals surface area (Å²) in [7, 11) is 0. The number of nitrogen functional groups attached to an aromatic ring is 1. The molecular formula is C14H18F3N3O. The Kier molecular flexibility index (Phi) is 4.41. The maximum atomic E-state index is 12.8. The van der Waals surface area contributed by atoms with Crippen LogP contribution in [0.2, 0.25) is 0 Å². The van der Waals surface area contributed by atoms with Gasteiger partial charge in [0.15, 0.2) is 0 Å². The number of carbonyl (C=O) groups excluding carboxylic acids is 1. The number of hydrogen-bond acceptors (Lipinski definition) is 3. The van der Waals surface area contributed by atoms with Gasteiger partial charge in [0.1, 0.15) is 0 Å². The van der Waals surface area contributed by atoms with Crippen molar-refractivity contribution in [1.82, 2.24) is 9.80 Å². The fourth-order valence-corrected chi connectivity index (χ4v) is 2.38. The van der Waals surface area contributed by atoms with Gasteiger partial charge in [0, 0.05) is 37.4 Å². The van der Waals surface area contributed by atoms with Crippen molar-refractivity contribution in [2.24, 2.45) is 0 Å². The number of benzene rings is 1. The normalized spacial score (nSPS) is 17.0. The Morgan fingerprint density at radius 3 is 2.38 bits per heavy atom. The second kappa shape index (κ2) is 5.93. The smallest absolute Gasteiger partial charge is 0.398 e. The van der Waals surface area contributed by atoms with E-state index in [4.69, 9.17) is 5.73 Å². The summed E-state index contributed by atoms with van der Waals surface area (Å²) >= 11 is 0. The van der Waals surface area contributed by atoms with Crippen LogP contribution in [0.4, 0.5) is 18.9 Å². The van der Waals surface area contributed by atoms with E-state index in [0.29, 0.717) is 13.1 Å². The van der Waals surface area contributed by atoms with Crippen LogP contribution in [0.25, 0.3) is 0 Å². The van der Waals surface area contributed by atoms with Gasteiger partial charge in [-0.05, 0) is 24.7 Å². The lowest BCUT2D eigenvalue weighted by atomic mass is 10.1. The molecule has 0 radical (unpaired) electrons. The highest BCUT2D eigenvalue weighted by Crippen LogP contribution is 2.34. The summed E-state index contributed by atoms with van der Waals surface area (Å²) in [6, 6.07) is 3.32. The van der Waals surface area contributed by atoms with Gasteiger partial charge in [-0.25, -0.2) is 0 Å². The lowest BCUT2D eigenvalue weighted by Gasteiger charge is -2.34. The van der Waals surface area contributed by atoms with Gasteiger partial charge < -0.3 is 15.5 Å². The van der Waals surface area contributed by atoms with Crippen molar-refractivity contribution in [3.8, 4) is 0 Å². The monoisotopic (exact) mass is 301 g/mol. The van der Waals surface area contributed by atoms with Crippen LogP contribution in [0, 0.1) is 0 Å². The highest BCUT2D eigenvalue weighted by atomic mass is 19.4. The second-order valence-electron chi connectivity index (χ2n) is 5.03. The molecule has 0 atom stereocenters. The van der Waals surface area contributed by atoms with Crippen LogP contribution in [-0.2, 0) is 6.18 Å². The number of anilines is 1. The summed E-state index contributed by atoms with van der Waals surface area (Å²) in [5.74, 6) is -0.378. The van der Waals surface area contributed by atoms with E-state index in [1.807, 2.05) is 6.92 Å². The Hall–Kier alpha value is -1.76. The Balaban J connectivity index is 2.17. The van der Waals surface area contributed by atoms with E-state index in [2.05, 4.69) is 4.90 Å². The zero-order valence-electron chi connectivity index (χ0n) is 11.8. The number of nitrogens with zero attached hydrogens (tertiary/aromatic N) is 2. The lowest BCUT2D eigenvalue weighted by Crippen LogP contribution is -2.48. The van der Waals surface area contributed by atoms with Gasteiger partial charge in [0.25, 0.3) is 5.91 Å². The van der Waals surface area contributed by atoms with E-state index in [9.17, 15) is 18.0 Å². The van der Waals surface area contributed by atoms with Crippen LogP contribution in [0.3, 0.4) is 0 Å². The molecule has 0 saturated carbocycles. The van der Waals surface area contributed by atoms with Crippen LogP contribution in [0.1, 0.15) is 22.8 Å². The topological polar surface area (TPSA) is 49.6 Å². The number of likely N-dealkylation sites (N-methyl/N-ethyl adjacent to an activating group) is 1. The molecule has 2 rings (SSSR count). The summed E-state index contributed by atoms with van der Waals surface area (Å²) in [4.78, 5) is 16.1. The molecule has 0 aromatic heterocycles. The van der Waals surface area contributed by atoms with Crippen molar-refractivity contribution < 1.29 is 18.0 Å². The van der Waals surface area contributed by atoms with Gasteiger partial charge in [-0.15, -0.1) is 0 Å². The van der Waals surface area contributed by atoms with Crippen LogP contribution < -0.4 is 5.73 Å². The molecule has 1 heterocycles. The minimum atomic E-state index is -4.55. The lowest BCUT2D eigenvalue weighted by molar-refractivity contribution is -0.136. The predicted molar refractivity (Wildman–Crippen MR) is 73.9 cm³/mol. The van der Waals surface area contributed by atoms with Crippen molar-refractivity contribution in [3.05, 3.63) is 29.3 Å². The minimum absolute atomic E-state index is 0.0291. The summed E-state index contributed by atoms with van der Waals surface area (Å²) in [6.07, 6.45) is -4.55. The number of nitrogens with two attached hydrogens (primary N) is 1. The Bertz CT molecular complexity index is 523. The first-order valence-electron chi connectivity index (χ1n) is 6.81. The molecule has 1 aromatic carbocycles. The summed E-state index contributed by atoms with van der Waals surface area (Å²) in [5.41, 5.74) is 4.04. The molecular weight excluding hydrogens is 283 g/mol. The molecule has 21 heavy (non-hydrogen) atoms. The Morgan fingerprint density at radius 1 is 1.24 bits per heavy atom. The van der Waals surface area contributed by atoms with Crippen LogP contribution in [-0.4, -0.2) is 48.4 Å². The standard InChI is InChI=1S/C14H18F3N3O/c1-2-19-5-7-20(8-6-19)13(21)10-3-4-12(18)11(9-10)14(15,16)17/h3-4,9H,2,5-8,18H2,1H3. The summed E-state index contributed by atoms with van der Waals surface area (Å²) in [5, 5.41) is 0. The fourth-order valence-electron chi connectivity index (χ4n) is 2.38. The summed E-state index contributed by atoms with van der Waals surface area (Å²) < 4.78 is 38.5. The number of amides is 1. The maximum absolute atomic E-state index is 12.8. The van der Waals surface area contributed by atoms with E-state index in [1.165, 1.54) is 6.07 Å². The average Bonchev–Trinajstić information content (AvgIpc) is 2.46. The molecule has 1 aliphatic heterocycles. The summed E-state index contributed by atoms with van der Waals surface area (Å²) in [6.45, 7) is 5.47. The molecule has 1 aromatic rings. The Labute approximate surface area is 121 Å². The second-order valence-corrected chi connectivity index (χ2v) is 5.03. The Morgan fingerprint density at radius 2 is 1.86 bits per heavy atom. The number of alkyl halides is 3. The van der Waals surface area contributed by atoms with E-state index >= 15 is 0 Å². The molecule has 7 heteroatoms. The first-order chi connectivity index (χ1) is 9.82. The van der Waals surface area contributed by atoms with Gasteiger partial charge in [0.2, 0.25) is 0 Å². The molecule has 0 aliphatic carbocycles. The van der Waals surface area contributed by atoms with Crippen molar-refractivity contribution >= 4 is 11.6 Å². The predicted octanol–water partition coefficient (Wildman–Crippen LogP) is 2.07. The van der Waals surface area contributed by atoms with E-state index in [1.54, 1.807) is 4.90 Å². The molecule has 1 amide bonds. The van der Waals surface area contributed by atoms with E-state index < -0.39 is 11.7 Å². The number of rotatable bonds is 2. The third-order valence-corrected chi connectivity index (χ3v) is 3.71. The molecule has 0 unspecified atom stereocenters. The van der Waals surface area contributed by atoms with Crippen molar-refractivity contribution in [2.75, 3.05) is 38.5 Å². The van der Waals surface area contributed by atoms with Gasteiger partial charge >= 0.3 is 6.18 Å². The molecule has 1 saturated heterocycles. The van der Waals surface area contributed by atoms with Gasteiger partial charge in [0.05, 0.1) is 5.56 Å². The van der Waals surface area contributed by atoms with E-state index in [0.717, 1.165) is 31.8 Å². The van der Waals surface area contributed by atoms with Crippen molar-refractivity contribution in [1.29, 1.82) is 0 Å². The fraction of sp³-hybridized carbons (Fsp3) is 0.500. The average molecular weight is 301 g/mol. The zero-order chi connectivity index (χ0) is 15.6.